The third-order valence-corrected chi connectivity index (χ3v) is 4.44. The molecule has 0 fully saturated rings. The molecule has 0 saturated carbocycles. The van der Waals surface area contributed by atoms with Gasteiger partial charge in [0.1, 0.15) is 23.4 Å². The van der Waals surface area contributed by atoms with Crippen LogP contribution in [0.15, 0.2) is 47.5 Å². The van der Waals surface area contributed by atoms with E-state index in [0.29, 0.717) is 5.84 Å². The lowest BCUT2D eigenvalue weighted by atomic mass is 10.0. The molecule has 1 aliphatic heterocycles. The number of nitrogens with zero attached hydrogens (tertiary/aromatic N) is 2. The van der Waals surface area contributed by atoms with E-state index in [4.69, 9.17) is 4.74 Å². The maximum Gasteiger partial charge on any atom is 0.316 e. The Morgan fingerprint density at radius 1 is 1.15 bits per heavy atom. The van der Waals surface area contributed by atoms with E-state index in [9.17, 15) is 9.59 Å². The maximum absolute atomic E-state index is 12.6. The maximum atomic E-state index is 12.6. The zero-order valence-corrected chi connectivity index (χ0v) is 15.8. The molecule has 3 rings (SSSR count). The van der Waals surface area contributed by atoms with E-state index in [1.54, 1.807) is 18.9 Å². The van der Waals surface area contributed by atoms with Gasteiger partial charge in [-0.15, -0.1) is 0 Å². The Labute approximate surface area is 153 Å². The largest absolute Gasteiger partial charge is 0.459 e. The fourth-order valence-electron chi connectivity index (χ4n) is 3.19. The van der Waals surface area contributed by atoms with E-state index in [1.165, 1.54) is 0 Å². The number of amides is 1. The van der Waals surface area contributed by atoms with E-state index >= 15 is 0 Å². The van der Waals surface area contributed by atoms with E-state index in [2.05, 4.69) is 4.99 Å². The van der Waals surface area contributed by atoms with Crippen LogP contribution in [-0.2, 0) is 14.3 Å². The molecule has 2 aromatic rings. The molecule has 0 aromatic heterocycles. The lowest BCUT2D eigenvalue weighted by Gasteiger charge is -2.27. The van der Waals surface area contributed by atoms with Gasteiger partial charge in [-0.1, -0.05) is 36.4 Å². The Morgan fingerprint density at radius 3 is 2.46 bits per heavy atom. The zero-order valence-electron chi connectivity index (χ0n) is 15.8. The van der Waals surface area contributed by atoms with Crippen molar-refractivity contribution < 1.29 is 14.3 Å². The van der Waals surface area contributed by atoms with Gasteiger partial charge in [0.25, 0.3) is 5.91 Å². The number of carbonyl (C=O) groups excluding carboxylic acids is 2. The first-order chi connectivity index (χ1) is 12.2. The first kappa shape index (κ1) is 18.1. The third kappa shape index (κ3) is 3.47. The number of amidine groups is 1. The van der Waals surface area contributed by atoms with Crippen molar-refractivity contribution in [2.45, 2.75) is 39.3 Å². The summed E-state index contributed by atoms with van der Waals surface area (Å²) < 4.78 is 5.44. The summed E-state index contributed by atoms with van der Waals surface area (Å²) in [5.74, 6) is -0.792. The number of likely N-dealkylation sites (N-methyl/N-ethyl adjacent to an activating group) is 1. The van der Waals surface area contributed by atoms with Crippen molar-refractivity contribution in [2.24, 2.45) is 10.9 Å². The number of fused-ring (bicyclic) bond motifs is 1. The molecular formula is C21H24N2O3. The van der Waals surface area contributed by atoms with Crippen LogP contribution < -0.4 is 0 Å². The predicted octanol–water partition coefficient (Wildman–Crippen LogP) is 3.73. The van der Waals surface area contributed by atoms with E-state index in [0.717, 1.165) is 16.3 Å². The molecule has 0 bridgehead atoms. The summed E-state index contributed by atoms with van der Waals surface area (Å²) in [4.78, 5) is 30.9. The smallest absolute Gasteiger partial charge is 0.316 e. The van der Waals surface area contributed by atoms with E-state index < -0.39 is 17.6 Å². The normalized spacial score (nSPS) is 18.8. The van der Waals surface area contributed by atoms with Gasteiger partial charge in [0.05, 0.1) is 0 Å². The van der Waals surface area contributed by atoms with Gasteiger partial charge in [-0.3, -0.25) is 9.59 Å². The van der Waals surface area contributed by atoms with Crippen LogP contribution in [0.2, 0.25) is 0 Å². The van der Waals surface area contributed by atoms with Gasteiger partial charge in [0.2, 0.25) is 0 Å². The summed E-state index contributed by atoms with van der Waals surface area (Å²) in [5.41, 5.74) is 0.288. The molecule has 0 spiro atoms. The molecular weight excluding hydrogens is 328 g/mol. The fourth-order valence-corrected chi connectivity index (χ4v) is 3.19. The molecule has 2 atom stereocenters. The molecule has 136 valence electrons. The number of carbonyl (C=O) groups is 2. The lowest BCUT2D eigenvalue weighted by molar-refractivity contribution is -0.157. The summed E-state index contributed by atoms with van der Waals surface area (Å²) in [6.45, 7) is 7.18. The van der Waals surface area contributed by atoms with Gasteiger partial charge >= 0.3 is 5.97 Å². The van der Waals surface area contributed by atoms with Crippen LogP contribution in [0, 0.1) is 5.92 Å². The van der Waals surface area contributed by atoms with Crippen LogP contribution in [0.25, 0.3) is 10.8 Å². The topological polar surface area (TPSA) is 59.0 Å². The van der Waals surface area contributed by atoms with E-state index in [1.807, 2.05) is 63.2 Å². The third-order valence-electron chi connectivity index (χ3n) is 4.44. The molecule has 1 aliphatic rings. The first-order valence-electron chi connectivity index (χ1n) is 8.74. The highest BCUT2D eigenvalue weighted by atomic mass is 16.6. The van der Waals surface area contributed by atoms with Crippen molar-refractivity contribution in [1.29, 1.82) is 0 Å². The highest BCUT2D eigenvalue weighted by Crippen LogP contribution is 2.31. The van der Waals surface area contributed by atoms with Crippen molar-refractivity contribution in [3.8, 4) is 0 Å². The van der Waals surface area contributed by atoms with Crippen LogP contribution in [-0.4, -0.2) is 35.3 Å². The van der Waals surface area contributed by atoms with Crippen molar-refractivity contribution >= 4 is 28.5 Å². The monoisotopic (exact) mass is 352 g/mol. The number of esters is 1. The summed E-state index contributed by atoms with van der Waals surface area (Å²) in [5, 5.41) is 2.19. The fraction of sp³-hybridized carbons (Fsp3) is 0.381. The molecule has 5 nitrogen and oxygen atoms in total. The van der Waals surface area contributed by atoms with Gasteiger partial charge in [-0.05, 0) is 50.1 Å². The molecule has 2 unspecified atom stereocenters. The Balaban J connectivity index is 1.86. The van der Waals surface area contributed by atoms with Crippen molar-refractivity contribution in [1.82, 2.24) is 4.90 Å². The minimum absolute atomic E-state index is 0.256. The van der Waals surface area contributed by atoms with Crippen LogP contribution >= 0.6 is 0 Å². The Morgan fingerprint density at radius 2 is 1.81 bits per heavy atom. The second-order valence-corrected chi connectivity index (χ2v) is 7.68. The van der Waals surface area contributed by atoms with Gasteiger partial charge in [-0.25, -0.2) is 0 Å². The Kier molecular flexibility index (Phi) is 4.57. The minimum Gasteiger partial charge on any atom is -0.459 e. The van der Waals surface area contributed by atoms with Gasteiger partial charge in [0, 0.05) is 7.05 Å². The second kappa shape index (κ2) is 6.56. The van der Waals surface area contributed by atoms with E-state index in [-0.39, 0.29) is 11.9 Å². The van der Waals surface area contributed by atoms with Crippen LogP contribution in [0.4, 0.5) is 0 Å². The molecule has 0 radical (unpaired) electrons. The molecule has 5 heteroatoms. The second-order valence-electron chi connectivity index (χ2n) is 7.68. The number of ether oxygens (including phenoxy) is 1. The Bertz CT molecular complexity index is 896. The molecule has 0 N–H and O–H groups in total. The highest BCUT2D eigenvalue weighted by molar-refractivity contribution is 6.11. The number of rotatable bonds is 3. The first-order valence-corrected chi connectivity index (χ1v) is 8.74. The summed E-state index contributed by atoms with van der Waals surface area (Å²) in [7, 11) is 1.80. The highest BCUT2D eigenvalue weighted by Gasteiger charge is 2.39. The van der Waals surface area contributed by atoms with Crippen molar-refractivity contribution in [3.63, 3.8) is 0 Å². The van der Waals surface area contributed by atoms with Crippen molar-refractivity contribution in [3.05, 3.63) is 48.0 Å². The number of benzene rings is 2. The molecule has 26 heavy (non-hydrogen) atoms. The number of hydrogen-bond acceptors (Lipinski definition) is 4. The lowest BCUT2D eigenvalue weighted by Crippen LogP contribution is -2.38. The number of aliphatic imine (C=N–C) groups is 1. The van der Waals surface area contributed by atoms with Crippen LogP contribution in [0.5, 0.6) is 0 Å². The van der Waals surface area contributed by atoms with Gasteiger partial charge in [-0.2, -0.15) is 4.99 Å². The standard InChI is InChI=1S/C21H24N2O3/c1-13(20(25)26-21(2,3)4)18-22-19(24)17(23(18)5)16-11-10-14-8-6-7-9-15(14)12-16/h6-13,17H,1-5H3. The molecule has 0 saturated heterocycles. The average molecular weight is 352 g/mol. The summed E-state index contributed by atoms with van der Waals surface area (Å²) >= 11 is 0. The molecule has 2 aromatic carbocycles. The van der Waals surface area contributed by atoms with Crippen LogP contribution in [0.3, 0.4) is 0 Å². The van der Waals surface area contributed by atoms with Crippen molar-refractivity contribution in [2.75, 3.05) is 7.05 Å². The summed E-state index contributed by atoms with van der Waals surface area (Å²) in [6, 6.07) is 13.4. The Hall–Kier alpha value is -2.69. The summed E-state index contributed by atoms with van der Waals surface area (Å²) in [6.07, 6.45) is 0. The quantitative estimate of drug-likeness (QED) is 0.790. The molecule has 1 heterocycles. The molecule has 1 amide bonds. The molecule has 0 aliphatic carbocycles. The SMILES string of the molecule is CC(C(=O)OC(C)(C)C)C1=NC(=O)C(c2ccc3ccccc3c2)N1C. The van der Waals surface area contributed by atoms with Gasteiger partial charge in [0.15, 0.2) is 0 Å². The zero-order chi connectivity index (χ0) is 19.1. The van der Waals surface area contributed by atoms with Crippen LogP contribution in [0.1, 0.15) is 39.3 Å². The van der Waals surface area contributed by atoms with Gasteiger partial charge < -0.3 is 9.64 Å². The number of hydrogen-bond donors (Lipinski definition) is 0. The minimum atomic E-state index is -0.603. The predicted molar refractivity (Wildman–Crippen MR) is 102 cm³/mol. The average Bonchev–Trinajstić information content (AvgIpc) is 2.86.